The maximum absolute atomic E-state index is 2.34. The summed E-state index contributed by atoms with van der Waals surface area (Å²) in [7, 11) is 0. The average molecular weight is 206 g/mol. The van der Waals surface area contributed by atoms with Crippen LogP contribution in [0.5, 0.6) is 0 Å². The highest BCUT2D eigenvalue weighted by atomic mass is 14.3. The summed E-state index contributed by atoms with van der Waals surface area (Å²) in [5, 5.41) is 0. The van der Waals surface area contributed by atoms with Crippen molar-refractivity contribution in [2.75, 3.05) is 0 Å². The molecule has 0 spiro atoms. The Labute approximate surface area is 95.7 Å². The van der Waals surface area contributed by atoms with E-state index in [4.69, 9.17) is 0 Å². The molecule has 1 aromatic carbocycles. The summed E-state index contributed by atoms with van der Waals surface area (Å²) in [6, 6.07) is 10.7. The third kappa shape index (κ3) is 5.01. The van der Waals surface area contributed by atoms with E-state index in [0.717, 1.165) is 5.92 Å². The molecule has 1 rings (SSSR count). The minimum atomic E-state index is 0.404. The number of benzene rings is 1. The quantitative estimate of drug-likeness (QED) is 0.657. The summed E-state index contributed by atoms with van der Waals surface area (Å²) in [6.07, 6.45) is 1.17. The van der Waals surface area contributed by atoms with Crippen LogP contribution in [-0.4, -0.2) is 0 Å². The van der Waals surface area contributed by atoms with Gasteiger partial charge in [-0.15, -0.1) is 0 Å². The van der Waals surface area contributed by atoms with Crippen LogP contribution in [-0.2, 0) is 6.42 Å². The molecule has 0 N–H and O–H groups in total. The molecule has 0 fully saturated rings. The Morgan fingerprint density at radius 2 is 1.47 bits per heavy atom. The highest BCUT2D eigenvalue weighted by Gasteiger charge is 2.22. The van der Waals surface area contributed by atoms with Crippen LogP contribution in [0, 0.1) is 11.3 Å². The minimum Gasteiger partial charge on any atom is -0.0683 e. The summed E-state index contributed by atoms with van der Waals surface area (Å²) < 4.78 is 0. The Kier molecular flexibility index (Phi) is 6.31. The predicted molar refractivity (Wildman–Crippen MR) is 70.1 cm³/mol. The van der Waals surface area contributed by atoms with Gasteiger partial charge < -0.3 is 0 Å². The molecule has 0 radical (unpaired) electrons. The van der Waals surface area contributed by atoms with Crippen molar-refractivity contribution in [1.82, 2.24) is 0 Å². The maximum Gasteiger partial charge on any atom is -0.0225 e. The largest absolute Gasteiger partial charge is 0.0683 e. The van der Waals surface area contributed by atoms with Gasteiger partial charge in [0.15, 0.2) is 0 Å². The van der Waals surface area contributed by atoms with Crippen LogP contribution in [0.2, 0.25) is 0 Å². The Morgan fingerprint density at radius 1 is 1.00 bits per heavy atom. The van der Waals surface area contributed by atoms with Crippen molar-refractivity contribution in [1.29, 1.82) is 0 Å². The van der Waals surface area contributed by atoms with E-state index in [1.165, 1.54) is 12.0 Å². The Hall–Kier alpha value is -0.780. The third-order valence-electron chi connectivity index (χ3n) is 3.07. The lowest BCUT2D eigenvalue weighted by molar-refractivity contribution is 0.248. The smallest absolute Gasteiger partial charge is 0.0225 e. The van der Waals surface area contributed by atoms with Crippen molar-refractivity contribution < 1.29 is 0 Å². The van der Waals surface area contributed by atoms with E-state index < -0.39 is 0 Å². The number of hydrogen-bond acceptors (Lipinski definition) is 0. The van der Waals surface area contributed by atoms with Crippen LogP contribution in [0.4, 0.5) is 0 Å². The van der Waals surface area contributed by atoms with Gasteiger partial charge in [0.25, 0.3) is 0 Å². The van der Waals surface area contributed by atoms with Crippen molar-refractivity contribution in [3.63, 3.8) is 0 Å². The molecule has 0 aliphatic rings. The van der Waals surface area contributed by atoms with Gasteiger partial charge in [-0.05, 0) is 23.3 Å². The number of rotatable bonds is 3. The molecule has 0 unspecified atom stereocenters. The van der Waals surface area contributed by atoms with E-state index >= 15 is 0 Å². The van der Waals surface area contributed by atoms with Gasteiger partial charge in [0, 0.05) is 0 Å². The molecular formula is C15H26. The molecular weight excluding hydrogens is 180 g/mol. The molecule has 86 valence electrons. The Bertz CT molecular complexity index is 244. The van der Waals surface area contributed by atoms with Crippen molar-refractivity contribution in [3.05, 3.63) is 35.9 Å². The van der Waals surface area contributed by atoms with E-state index in [9.17, 15) is 0 Å². The van der Waals surface area contributed by atoms with Crippen molar-refractivity contribution in [2.45, 2.75) is 48.0 Å². The summed E-state index contributed by atoms with van der Waals surface area (Å²) in [5.41, 5.74) is 1.85. The predicted octanol–water partition coefficient (Wildman–Crippen LogP) is 4.94. The summed E-state index contributed by atoms with van der Waals surface area (Å²) in [4.78, 5) is 0. The SMILES string of the molecule is CC.CC(C)C(C)(C)Cc1ccccc1. The van der Waals surface area contributed by atoms with Crippen molar-refractivity contribution >= 4 is 0 Å². The first-order valence-electron chi connectivity index (χ1n) is 6.06. The third-order valence-corrected chi connectivity index (χ3v) is 3.07. The Balaban J connectivity index is 0.000000921. The second kappa shape index (κ2) is 6.66. The molecule has 0 aliphatic heterocycles. The summed E-state index contributed by atoms with van der Waals surface area (Å²) in [5.74, 6) is 0.729. The van der Waals surface area contributed by atoms with Gasteiger partial charge >= 0.3 is 0 Å². The van der Waals surface area contributed by atoms with Crippen LogP contribution >= 0.6 is 0 Å². The molecule has 0 saturated heterocycles. The fourth-order valence-corrected chi connectivity index (χ4v) is 1.33. The first kappa shape index (κ1) is 14.2. The van der Waals surface area contributed by atoms with Gasteiger partial charge in [0.2, 0.25) is 0 Å². The molecule has 0 heteroatoms. The highest BCUT2D eigenvalue weighted by Crippen LogP contribution is 2.30. The monoisotopic (exact) mass is 206 g/mol. The van der Waals surface area contributed by atoms with Gasteiger partial charge in [-0.2, -0.15) is 0 Å². The van der Waals surface area contributed by atoms with Crippen molar-refractivity contribution in [3.8, 4) is 0 Å². The van der Waals surface area contributed by atoms with E-state index in [-0.39, 0.29) is 0 Å². The summed E-state index contributed by atoms with van der Waals surface area (Å²) in [6.45, 7) is 13.3. The van der Waals surface area contributed by atoms with E-state index in [2.05, 4.69) is 58.0 Å². The fourth-order valence-electron chi connectivity index (χ4n) is 1.33. The molecule has 0 bridgehead atoms. The van der Waals surface area contributed by atoms with Gasteiger partial charge in [0.05, 0.1) is 0 Å². The van der Waals surface area contributed by atoms with Crippen LogP contribution < -0.4 is 0 Å². The van der Waals surface area contributed by atoms with Crippen LogP contribution in [0.3, 0.4) is 0 Å². The first-order valence-corrected chi connectivity index (χ1v) is 6.06. The molecule has 0 amide bonds. The van der Waals surface area contributed by atoms with Gasteiger partial charge in [-0.1, -0.05) is 71.9 Å². The lowest BCUT2D eigenvalue weighted by Crippen LogP contribution is -2.21. The molecule has 0 aromatic heterocycles. The van der Waals surface area contributed by atoms with Gasteiger partial charge in [0.1, 0.15) is 0 Å². The molecule has 0 aliphatic carbocycles. The zero-order chi connectivity index (χ0) is 11.9. The van der Waals surface area contributed by atoms with E-state index in [1.54, 1.807) is 0 Å². The first-order chi connectivity index (χ1) is 7.02. The van der Waals surface area contributed by atoms with E-state index in [0.29, 0.717) is 5.41 Å². The maximum atomic E-state index is 2.34. The zero-order valence-corrected chi connectivity index (χ0v) is 11.2. The Morgan fingerprint density at radius 3 is 1.87 bits per heavy atom. The van der Waals surface area contributed by atoms with Crippen LogP contribution in [0.15, 0.2) is 30.3 Å². The van der Waals surface area contributed by atoms with Gasteiger partial charge in [-0.3, -0.25) is 0 Å². The van der Waals surface area contributed by atoms with Gasteiger partial charge in [-0.25, -0.2) is 0 Å². The molecule has 0 atom stereocenters. The fraction of sp³-hybridized carbons (Fsp3) is 0.600. The molecule has 15 heavy (non-hydrogen) atoms. The molecule has 0 saturated carbocycles. The zero-order valence-electron chi connectivity index (χ0n) is 11.2. The topological polar surface area (TPSA) is 0 Å². The summed E-state index contributed by atoms with van der Waals surface area (Å²) >= 11 is 0. The van der Waals surface area contributed by atoms with Crippen molar-refractivity contribution in [2.24, 2.45) is 11.3 Å². The highest BCUT2D eigenvalue weighted by molar-refractivity contribution is 5.16. The standard InChI is InChI=1S/C13H20.C2H6/c1-11(2)13(3,4)10-12-8-6-5-7-9-12;1-2/h5-9,11H,10H2,1-4H3;1-2H3. The van der Waals surface area contributed by atoms with E-state index in [1.807, 2.05) is 13.8 Å². The van der Waals surface area contributed by atoms with Crippen LogP contribution in [0.1, 0.15) is 47.1 Å². The normalized spacial score (nSPS) is 10.9. The number of hydrogen-bond donors (Lipinski definition) is 0. The second-order valence-corrected chi connectivity index (χ2v) is 4.81. The lowest BCUT2D eigenvalue weighted by Gasteiger charge is -2.29. The molecule has 0 nitrogen and oxygen atoms in total. The average Bonchev–Trinajstić information content (AvgIpc) is 2.21. The minimum absolute atomic E-state index is 0.404. The second-order valence-electron chi connectivity index (χ2n) is 4.81. The lowest BCUT2D eigenvalue weighted by atomic mass is 9.76. The molecule has 1 aromatic rings. The molecule has 0 heterocycles. The van der Waals surface area contributed by atoms with Crippen LogP contribution in [0.25, 0.3) is 0 Å².